The minimum Gasteiger partial charge on any atom is -0.465 e. The minimum absolute atomic E-state index is 0.175. The summed E-state index contributed by atoms with van der Waals surface area (Å²) in [5.74, 6) is 0. The largest absolute Gasteiger partial charge is 0.465 e. The topological polar surface area (TPSA) is 69.6 Å². The molecule has 0 aliphatic heterocycles. The number of hydrogen-bond donors (Lipinski definition) is 3. The van der Waals surface area contributed by atoms with Gasteiger partial charge in [-0.25, -0.2) is 4.79 Å². The van der Waals surface area contributed by atoms with E-state index < -0.39 is 6.09 Å². The molecule has 82 valence electrons. The number of hydrogen-bond acceptors (Lipinski definition) is 2. The maximum Gasteiger partial charge on any atom is 0.409 e. The van der Waals surface area contributed by atoms with Crippen molar-refractivity contribution in [2.45, 2.75) is 19.8 Å². The zero-order chi connectivity index (χ0) is 11.3. The molecule has 0 fully saturated rings. The van der Waals surface area contributed by atoms with Gasteiger partial charge < -0.3 is 10.2 Å². The number of aliphatic hydroxyl groups excluding tert-OH is 1. The SMILES string of the molecule is Cc1cc(CCCO)ccc1NC(=O)O. The highest BCUT2D eigenvalue weighted by atomic mass is 16.4. The van der Waals surface area contributed by atoms with Crippen LogP contribution in [0.15, 0.2) is 18.2 Å². The highest BCUT2D eigenvalue weighted by molar-refractivity contribution is 5.83. The van der Waals surface area contributed by atoms with Gasteiger partial charge in [-0.1, -0.05) is 12.1 Å². The Hall–Kier alpha value is -1.55. The first-order valence-electron chi connectivity index (χ1n) is 4.84. The number of aliphatic hydroxyl groups is 1. The summed E-state index contributed by atoms with van der Waals surface area (Å²) in [7, 11) is 0. The number of nitrogens with one attached hydrogen (secondary N) is 1. The van der Waals surface area contributed by atoms with E-state index in [2.05, 4.69) is 5.32 Å². The summed E-state index contributed by atoms with van der Waals surface area (Å²) in [6, 6.07) is 5.55. The fourth-order valence-electron chi connectivity index (χ4n) is 1.42. The van der Waals surface area contributed by atoms with Gasteiger partial charge in [0.2, 0.25) is 0 Å². The average molecular weight is 209 g/mol. The molecule has 0 unspecified atom stereocenters. The van der Waals surface area contributed by atoms with Gasteiger partial charge in [-0.3, -0.25) is 5.32 Å². The van der Waals surface area contributed by atoms with Crippen molar-refractivity contribution in [2.24, 2.45) is 0 Å². The van der Waals surface area contributed by atoms with Crippen molar-refractivity contribution in [3.05, 3.63) is 29.3 Å². The first kappa shape index (κ1) is 11.5. The predicted molar refractivity (Wildman–Crippen MR) is 58.2 cm³/mol. The van der Waals surface area contributed by atoms with E-state index in [1.165, 1.54) is 0 Å². The number of aryl methyl sites for hydroxylation is 2. The van der Waals surface area contributed by atoms with Gasteiger partial charge in [0.1, 0.15) is 0 Å². The number of rotatable bonds is 4. The molecule has 1 aromatic carbocycles. The Balaban J connectivity index is 2.74. The van der Waals surface area contributed by atoms with Crippen molar-refractivity contribution in [3.8, 4) is 0 Å². The highest BCUT2D eigenvalue weighted by Crippen LogP contribution is 2.17. The quantitative estimate of drug-likeness (QED) is 0.710. The molecule has 3 N–H and O–H groups in total. The van der Waals surface area contributed by atoms with Crippen LogP contribution in [0.3, 0.4) is 0 Å². The molecule has 4 nitrogen and oxygen atoms in total. The van der Waals surface area contributed by atoms with Crippen LogP contribution in [0.4, 0.5) is 10.5 Å². The summed E-state index contributed by atoms with van der Waals surface area (Å²) >= 11 is 0. The number of amides is 1. The molecule has 15 heavy (non-hydrogen) atoms. The standard InChI is InChI=1S/C11H15NO3/c1-8-7-9(3-2-6-13)4-5-10(8)12-11(14)15/h4-5,7,12-13H,2-3,6H2,1H3,(H,14,15). The molecular weight excluding hydrogens is 194 g/mol. The Morgan fingerprint density at radius 3 is 2.73 bits per heavy atom. The molecule has 1 amide bonds. The van der Waals surface area contributed by atoms with E-state index in [0.717, 1.165) is 24.0 Å². The van der Waals surface area contributed by atoms with Crippen molar-refractivity contribution in [1.29, 1.82) is 0 Å². The molecule has 0 spiro atoms. The molecule has 1 rings (SSSR count). The molecule has 0 bridgehead atoms. The summed E-state index contributed by atoms with van der Waals surface area (Å²) in [5, 5.41) is 19.6. The number of carboxylic acid groups (broad SMARTS) is 1. The van der Waals surface area contributed by atoms with Gasteiger partial charge in [0.05, 0.1) is 0 Å². The lowest BCUT2D eigenvalue weighted by atomic mass is 10.1. The Kier molecular flexibility index (Phi) is 4.12. The zero-order valence-electron chi connectivity index (χ0n) is 8.66. The van der Waals surface area contributed by atoms with Gasteiger partial charge in [0.15, 0.2) is 0 Å². The molecule has 0 heterocycles. The molecule has 0 aromatic heterocycles. The second-order valence-electron chi connectivity index (χ2n) is 3.41. The van der Waals surface area contributed by atoms with Crippen LogP contribution in [0.2, 0.25) is 0 Å². The van der Waals surface area contributed by atoms with Crippen molar-refractivity contribution in [3.63, 3.8) is 0 Å². The van der Waals surface area contributed by atoms with Gasteiger partial charge in [-0.15, -0.1) is 0 Å². The maximum atomic E-state index is 10.4. The summed E-state index contributed by atoms with van der Waals surface area (Å²) in [5.41, 5.74) is 2.61. The van der Waals surface area contributed by atoms with E-state index in [0.29, 0.717) is 5.69 Å². The molecular formula is C11H15NO3. The molecule has 0 saturated carbocycles. The second-order valence-corrected chi connectivity index (χ2v) is 3.41. The third-order valence-corrected chi connectivity index (χ3v) is 2.16. The van der Waals surface area contributed by atoms with E-state index >= 15 is 0 Å². The zero-order valence-corrected chi connectivity index (χ0v) is 8.66. The number of anilines is 1. The fraction of sp³-hybridized carbons (Fsp3) is 0.364. The van der Waals surface area contributed by atoms with E-state index in [-0.39, 0.29) is 6.61 Å². The van der Waals surface area contributed by atoms with Crippen LogP contribution in [0.1, 0.15) is 17.5 Å². The Bertz CT molecular complexity index is 350. The first-order chi connectivity index (χ1) is 7.13. The lowest BCUT2D eigenvalue weighted by Gasteiger charge is -2.07. The summed E-state index contributed by atoms with van der Waals surface area (Å²) in [4.78, 5) is 10.4. The monoisotopic (exact) mass is 209 g/mol. The molecule has 4 heteroatoms. The summed E-state index contributed by atoms with van der Waals surface area (Å²) < 4.78 is 0. The molecule has 0 aliphatic carbocycles. The van der Waals surface area contributed by atoms with Crippen LogP contribution >= 0.6 is 0 Å². The number of carbonyl (C=O) groups is 1. The third kappa shape index (κ3) is 3.59. The fourth-order valence-corrected chi connectivity index (χ4v) is 1.42. The first-order valence-corrected chi connectivity index (χ1v) is 4.84. The molecule has 0 aliphatic rings. The Labute approximate surface area is 88.6 Å². The summed E-state index contributed by atoms with van der Waals surface area (Å²) in [6.07, 6.45) is 0.483. The van der Waals surface area contributed by atoms with Crippen molar-refractivity contribution in [2.75, 3.05) is 11.9 Å². The van der Waals surface area contributed by atoms with Crippen LogP contribution in [-0.4, -0.2) is 22.9 Å². The van der Waals surface area contributed by atoms with Gasteiger partial charge in [0.25, 0.3) is 0 Å². The van der Waals surface area contributed by atoms with Gasteiger partial charge in [-0.05, 0) is 37.0 Å². The smallest absolute Gasteiger partial charge is 0.409 e. The van der Waals surface area contributed by atoms with E-state index in [4.69, 9.17) is 10.2 Å². The molecule has 1 aromatic rings. The van der Waals surface area contributed by atoms with E-state index in [1.807, 2.05) is 19.1 Å². The van der Waals surface area contributed by atoms with Crippen molar-refractivity contribution in [1.82, 2.24) is 0 Å². The van der Waals surface area contributed by atoms with Crippen LogP contribution in [-0.2, 0) is 6.42 Å². The minimum atomic E-state index is -1.05. The van der Waals surface area contributed by atoms with Gasteiger partial charge in [0, 0.05) is 12.3 Å². The van der Waals surface area contributed by atoms with Crippen molar-refractivity contribution >= 4 is 11.8 Å². The lowest BCUT2D eigenvalue weighted by Crippen LogP contribution is -2.08. The molecule has 0 atom stereocenters. The summed E-state index contributed by atoms with van der Waals surface area (Å²) in [6.45, 7) is 2.03. The van der Waals surface area contributed by atoms with E-state index in [9.17, 15) is 4.79 Å². The lowest BCUT2D eigenvalue weighted by molar-refractivity contribution is 0.209. The average Bonchev–Trinajstić information content (AvgIpc) is 2.18. The number of benzene rings is 1. The normalized spacial score (nSPS) is 10.0. The van der Waals surface area contributed by atoms with Crippen LogP contribution < -0.4 is 5.32 Å². The maximum absolute atomic E-state index is 10.4. The third-order valence-electron chi connectivity index (χ3n) is 2.16. The van der Waals surface area contributed by atoms with Crippen molar-refractivity contribution < 1.29 is 15.0 Å². The second kappa shape index (κ2) is 5.36. The van der Waals surface area contributed by atoms with Gasteiger partial charge >= 0.3 is 6.09 Å². The van der Waals surface area contributed by atoms with Gasteiger partial charge in [-0.2, -0.15) is 0 Å². The molecule has 0 saturated heterocycles. The highest BCUT2D eigenvalue weighted by Gasteiger charge is 2.02. The van der Waals surface area contributed by atoms with Crippen LogP contribution in [0, 0.1) is 6.92 Å². The molecule has 0 radical (unpaired) electrons. The van der Waals surface area contributed by atoms with E-state index in [1.54, 1.807) is 6.07 Å². The Morgan fingerprint density at radius 1 is 1.47 bits per heavy atom. The van der Waals surface area contributed by atoms with Crippen LogP contribution in [0.5, 0.6) is 0 Å². The predicted octanol–water partition coefficient (Wildman–Crippen LogP) is 2.01. The van der Waals surface area contributed by atoms with Crippen LogP contribution in [0.25, 0.3) is 0 Å². The Morgan fingerprint density at radius 2 is 2.20 bits per heavy atom.